The Hall–Kier alpha value is -1.91. The molecule has 136 valence electrons. The van der Waals surface area contributed by atoms with E-state index in [1.807, 2.05) is 17.9 Å². The summed E-state index contributed by atoms with van der Waals surface area (Å²) < 4.78 is 0. The van der Waals surface area contributed by atoms with E-state index < -0.39 is 0 Å². The second-order valence-corrected chi connectivity index (χ2v) is 7.18. The summed E-state index contributed by atoms with van der Waals surface area (Å²) in [6, 6.07) is 1.81. The minimum Gasteiger partial charge on any atom is -0.370 e. The fraction of sp³-hybridized carbons (Fsp3) is 0.650. The third-order valence-corrected chi connectivity index (χ3v) is 5.09. The van der Waals surface area contributed by atoms with Crippen LogP contribution >= 0.6 is 0 Å². The van der Waals surface area contributed by atoms with Crippen molar-refractivity contribution in [3.05, 3.63) is 29.2 Å². The minimum atomic E-state index is 0.0467. The van der Waals surface area contributed by atoms with E-state index in [4.69, 9.17) is 0 Å². The molecule has 0 bridgehead atoms. The molecule has 1 amide bonds. The molecule has 1 N–H and O–H groups in total. The first-order chi connectivity index (χ1) is 12.2. The van der Waals surface area contributed by atoms with Gasteiger partial charge in [-0.3, -0.25) is 4.79 Å². The van der Waals surface area contributed by atoms with Gasteiger partial charge in [0.2, 0.25) is 0 Å². The number of nitrogens with one attached hydrogen (secondary N) is 1. The predicted octanol–water partition coefficient (Wildman–Crippen LogP) is 4.10. The number of rotatable bonds is 5. The molecule has 2 heterocycles. The molecule has 0 spiro atoms. The van der Waals surface area contributed by atoms with Gasteiger partial charge in [-0.2, -0.15) is 0 Å². The number of aryl methyl sites for hydroxylation is 1. The zero-order chi connectivity index (χ0) is 17.5. The maximum absolute atomic E-state index is 12.8. The summed E-state index contributed by atoms with van der Waals surface area (Å²) in [5.74, 6) is 1.47. The van der Waals surface area contributed by atoms with Gasteiger partial charge in [-0.25, -0.2) is 9.97 Å². The van der Waals surface area contributed by atoms with Crippen LogP contribution in [-0.2, 0) is 0 Å². The van der Waals surface area contributed by atoms with Crippen LogP contribution < -0.4 is 5.32 Å². The number of carbonyl (C=O) groups excluding carboxylic acids is 1. The van der Waals surface area contributed by atoms with Gasteiger partial charge in [-0.05, 0) is 51.9 Å². The topological polar surface area (TPSA) is 58.1 Å². The van der Waals surface area contributed by atoms with Crippen molar-refractivity contribution in [2.24, 2.45) is 0 Å². The minimum absolute atomic E-state index is 0.0467. The van der Waals surface area contributed by atoms with Crippen molar-refractivity contribution in [3.63, 3.8) is 0 Å². The van der Waals surface area contributed by atoms with Gasteiger partial charge < -0.3 is 10.2 Å². The van der Waals surface area contributed by atoms with E-state index in [2.05, 4.69) is 21.4 Å². The van der Waals surface area contributed by atoms with Crippen molar-refractivity contribution in [1.29, 1.82) is 0 Å². The van der Waals surface area contributed by atoms with Crippen molar-refractivity contribution in [2.75, 3.05) is 25.0 Å². The summed E-state index contributed by atoms with van der Waals surface area (Å²) in [5, 5.41) is 3.38. The van der Waals surface area contributed by atoms with Crippen molar-refractivity contribution >= 4 is 11.7 Å². The first kappa shape index (κ1) is 17.9. The van der Waals surface area contributed by atoms with Crippen LogP contribution in [0.5, 0.6) is 0 Å². The van der Waals surface area contributed by atoms with Crippen LogP contribution in [0.4, 0.5) is 5.82 Å². The first-order valence-electron chi connectivity index (χ1n) is 9.79. The fourth-order valence-corrected chi connectivity index (χ4v) is 3.69. The maximum Gasteiger partial charge on any atom is 0.272 e. The molecule has 1 aromatic heterocycles. The van der Waals surface area contributed by atoms with E-state index in [1.54, 1.807) is 5.57 Å². The van der Waals surface area contributed by atoms with Gasteiger partial charge in [-0.1, -0.05) is 24.5 Å². The molecule has 1 saturated heterocycles. The van der Waals surface area contributed by atoms with Crippen LogP contribution in [0.3, 0.4) is 0 Å². The second kappa shape index (κ2) is 8.97. The fourth-order valence-electron chi connectivity index (χ4n) is 3.69. The van der Waals surface area contributed by atoms with E-state index in [9.17, 15) is 4.79 Å². The number of anilines is 1. The summed E-state index contributed by atoms with van der Waals surface area (Å²) in [4.78, 5) is 23.6. The summed E-state index contributed by atoms with van der Waals surface area (Å²) in [7, 11) is 0. The van der Waals surface area contributed by atoms with E-state index >= 15 is 0 Å². The molecule has 1 aromatic rings. The molecule has 5 nitrogen and oxygen atoms in total. The van der Waals surface area contributed by atoms with Gasteiger partial charge in [-0.15, -0.1) is 0 Å². The number of allylic oxidation sites excluding steroid dienone is 1. The van der Waals surface area contributed by atoms with Gasteiger partial charge in [0.25, 0.3) is 5.91 Å². The van der Waals surface area contributed by atoms with Crippen molar-refractivity contribution in [2.45, 2.75) is 64.7 Å². The van der Waals surface area contributed by atoms with Crippen molar-refractivity contribution in [1.82, 2.24) is 14.9 Å². The maximum atomic E-state index is 12.8. The van der Waals surface area contributed by atoms with Crippen LogP contribution in [0.1, 0.15) is 74.1 Å². The molecule has 1 aliphatic carbocycles. The van der Waals surface area contributed by atoms with Crippen LogP contribution in [0, 0.1) is 6.92 Å². The highest BCUT2D eigenvalue weighted by molar-refractivity contribution is 5.93. The summed E-state index contributed by atoms with van der Waals surface area (Å²) >= 11 is 0. The Bertz CT molecular complexity index is 618. The van der Waals surface area contributed by atoms with E-state index in [-0.39, 0.29) is 5.91 Å². The largest absolute Gasteiger partial charge is 0.370 e. The SMILES string of the molecule is Cc1nc(NCCC2=CCCCC2)cc(C(=O)N2CCCCCC2)n1. The monoisotopic (exact) mass is 342 g/mol. The molecule has 0 atom stereocenters. The summed E-state index contributed by atoms with van der Waals surface area (Å²) in [5.41, 5.74) is 2.07. The lowest BCUT2D eigenvalue weighted by atomic mass is 9.97. The van der Waals surface area contributed by atoms with Crippen LogP contribution in [0.15, 0.2) is 17.7 Å². The molecule has 5 heteroatoms. The molecule has 1 aliphatic heterocycles. The smallest absolute Gasteiger partial charge is 0.272 e. The Balaban J connectivity index is 1.61. The van der Waals surface area contributed by atoms with Crippen LogP contribution in [0.2, 0.25) is 0 Å². The number of amides is 1. The predicted molar refractivity (Wildman–Crippen MR) is 101 cm³/mol. The van der Waals surface area contributed by atoms with Crippen LogP contribution in [-0.4, -0.2) is 40.4 Å². The number of hydrogen-bond acceptors (Lipinski definition) is 4. The molecule has 0 saturated carbocycles. The number of carbonyl (C=O) groups is 1. The average Bonchev–Trinajstić information content (AvgIpc) is 2.91. The van der Waals surface area contributed by atoms with Crippen LogP contribution in [0.25, 0.3) is 0 Å². The second-order valence-electron chi connectivity index (χ2n) is 7.18. The van der Waals surface area contributed by atoms with Gasteiger partial charge in [0.1, 0.15) is 17.3 Å². The number of likely N-dealkylation sites (tertiary alicyclic amines) is 1. The molecule has 2 aliphatic rings. The molecule has 0 aromatic carbocycles. The molecular formula is C20H30N4O. The third kappa shape index (κ3) is 5.28. The van der Waals surface area contributed by atoms with E-state index in [0.29, 0.717) is 11.5 Å². The number of aromatic nitrogens is 2. The molecule has 3 rings (SSSR count). The molecule has 1 fully saturated rings. The highest BCUT2D eigenvalue weighted by atomic mass is 16.2. The van der Waals surface area contributed by atoms with E-state index in [0.717, 1.165) is 44.7 Å². The summed E-state index contributed by atoms with van der Waals surface area (Å²) in [6.45, 7) is 4.41. The molecule has 0 radical (unpaired) electrons. The highest BCUT2D eigenvalue weighted by Gasteiger charge is 2.19. The molecule has 25 heavy (non-hydrogen) atoms. The summed E-state index contributed by atoms with van der Waals surface area (Å²) in [6.07, 6.45) is 13.1. The zero-order valence-corrected chi connectivity index (χ0v) is 15.4. The zero-order valence-electron chi connectivity index (χ0n) is 15.4. The number of hydrogen-bond donors (Lipinski definition) is 1. The van der Waals surface area contributed by atoms with Gasteiger partial charge in [0.15, 0.2) is 0 Å². The standard InChI is InChI=1S/C20H30N4O/c1-16-22-18(20(25)24-13-7-2-3-8-14-24)15-19(23-16)21-12-11-17-9-5-4-6-10-17/h9,15H,2-8,10-14H2,1H3,(H,21,22,23). The van der Waals surface area contributed by atoms with Crippen molar-refractivity contribution < 1.29 is 4.79 Å². The van der Waals surface area contributed by atoms with Gasteiger partial charge in [0, 0.05) is 25.7 Å². The third-order valence-electron chi connectivity index (χ3n) is 5.09. The molecule has 0 unspecified atom stereocenters. The highest BCUT2D eigenvalue weighted by Crippen LogP contribution is 2.20. The molecular weight excluding hydrogens is 312 g/mol. The Morgan fingerprint density at radius 1 is 1.12 bits per heavy atom. The quantitative estimate of drug-likeness (QED) is 0.818. The average molecular weight is 342 g/mol. The Labute approximate surface area is 150 Å². The normalized spacial score (nSPS) is 18.4. The number of nitrogens with zero attached hydrogens (tertiary/aromatic N) is 3. The van der Waals surface area contributed by atoms with E-state index in [1.165, 1.54) is 38.5 Å². The lowest BCUT2D eigenvalue weighted by Crippen LogP contribution is -2.32. The Kier molecular flexibility index (Phi) is 6.42. The van der Waals surface area contributed by atoms with Gasteiger partial charge >= 0.3 is 0 Å². The van der Waals surface area contributed by atoms with Gasteiger partial charge in [0.05, 0.1) is 0 Å². The first-order valence-corrected chi connectivity index (χ1v) is 9.79. The Morgan fingerprint density at radius 3 is 2.64 bits per heavy atom. The Morgan fingerprint density at radius 2 is 1.92 bits per heavy atom. The lowest BCUT2D eigenvalue weighted by Gasteiger charge is -2.20. The van der Waals surface area contributed by atoms with Crippen molar-refractivity contribution in [3.8, 4) is 0 Å². The lowest BCUT2D eigenvalue weighted by molar-refractivity contribution is 0.0755.